The first kappa shape index (κ1) is 24.7. The van der Waals surface area contributed by atoms with E-state index in [1.54, 1.807) is 13.8 Å². The van der Waals surface area contributed by atoms with Gasteiger partial charge in [-0.2, -0.15) is 0 Å². The van der Waals surface area contributed by atoms with Gasteiger partial charge in [0, 0.05) is 31.5 Å². The Labute approximate surface area is 205 Å². The topological polar surface area (TPSA) is 114 Å². The number of hydrogen-bond donors (Lipinski definition) is 3. The number of amides is 2. The third kappa shape index (κ3) is 5.48. The van der Waals surface area contributed by atoms with Crippen LogP contribution in [0.15, 0.2) is 48.5 Å². The van der Waals surface area contributed by atoms with Crippen molar-refractivity contribution >= 4 is 18.0 Å². The molecule has 0 spiro atoms. The van der Waals surface area contributed by atoms with Gasteiger partial charge in [-0.1, -0.05) is 62.4 Å². The van der Waals surface area contributed by atoms with Crippen molar-refractivity contribution < 1.29 is 29.0 Å². The average molecular weight is 481 g/mol. The molecule has 1 aliphatic carbocycles. The van der Waals surface area contributed by atoms with Crippen LogP contribution in [-0.4, -0.2) is 55.5 Å². The predicted molar refractivity (Wildman–Crippen MR) is 130 cm³/mol. The molecule has 1 saturated heterocycles. The SMILES string of the molecule is CC(C)C(CNC(=O)C1OCCC1CNC(=O)OCC1c2ccccc2-c2ccccc21)C(=O)O. The number of carbonyl (C=O) groups is 3. The van der Waals surface area contributed by atoms with Crippen LogP contribution in [-0.2, 0) is 19.1 Å². The van der Waals surface area contributed by atoms with Crippen molar-refractivity contribution in [3.63, 3.8) is 0 Å². The van der Waals surface area contributed by atoms with Gasteiger partial charge in [0.2, 0.25) is 5.91 Å². The van der Waals surface area contributed by atoms with E-state index in [0.29, 0.717) is 13.0 Å². The standard InChI is InChI=1S/C27H32N2O6/c1-16(2)22(26(31)32)14-28-25(30)24-17(11-12-34-24)13-29-27(33)35-15-23-20-9-5-3-7-18(20)19-8-4-6-10-21(19)23/h3-10,16-17,22-24H,11-15H2,1-2H3,(H,28,30)(H,29,33)(H,31,32). The number of nitrogens with one attached hydrogen (secondary N) is 2. The fourth-order valence-corrected chi connectivity index (χ4v) is 4.92. The van der Waals surface area contributed by atoms with Crippen LogP contribution >= 0.6 is 0 Å². The van der Waals surface area contributed by atoms with Crippen molar-refractivity contribution in [1.82, 2.24) is 10.6 Å². The summed E-state index contributed by atoms with van der Waals surface area (Å²) in [6.07, 6.45) is -0.650. The second-order valence-electron chi connectivity index (χ2n) is 9.48. The van der Waals surface area contributed by atoms with E-state index in [4.69, 9.17) is 9.47 Å². The van der Waals surface area contributed by atoms with Crippen molar-refractivity contribution in [2.45, 2.75) is 32.3 Å². The highest BCUT2D eigenvalue weighted by Crippen LogP contribution is 2.44. The Balaban J connectivity index is 1.28. The van der Waals surface area contributed by atoms with Gasteiger partial charge in [-0.05, 0) is 34.6 Å². The summed E-state index contributed by atoms with van der Waals surface area (Å²) >= 11 is 0. The summed E-state index contributed by atoms with van der Waals surface area (Å²) in [6, 6.07) is 16.3. The molecule has 2 aliphatic rings. The minimum atomic E-state index is -0.943. The van der Waals surface area contributed by atoms with E-state index in [9.17, 15) is 19.5 Å². The van der Waals surface area contributed by atoms with Gasteiger partial charge in [-0.3, -0.25) is 9.59 Å². The first-order valence-corrected chi connectivity index (χ1v) is 12.1. The van der Waals surface area contributed by atoms with Gasteiger partial charge >= 0.3 is 12.1 Å². The number of aliphatic carboxylic acids is 1. The Morgan fingerprint density at radius 1 is 1.03 bits per heavy atom. The number of carboxylic acid groups (broad SMARTS) is 1. The highest BCUT2D eigenvalue weighted by molar-refractivity contribution is 5.82. The summed E-state index contributed by atoms with van der Waals surface area (Å²) in [4.78, 5) is 36.5. The van der Waals surface area contributed by atoms with Gasteiger partial charge in [0.25, 0.3) is 0 Å². The van der Waals surface area contributed by atoms with Crippen LogP contribution in [0.3, 0.4) is 0 Å². The van der Waals surface area contributed by atoms with Gasteiger partial charge in [0.15, 0.2) is 0 Å². The van der Waals surface area contributed by atoms with E-state index in [-0.39, 0.29) is 43.4 Å². The number of alkyl carbamates (subject to hydrolysis) is 1. The van der Waals surface area contributed by atoms with Crippen LogP contribution in [0, 0.1) is 17.8 Å². The maximum absolute atomic E-state index is 12.6. The molecule has 4 rings (SSSR count). The van der Waals surface area contributed by atoms with Gasteiger partial charge < -0.3 is 25.2 Å². The predicted octanol–water partition coefficient (Wildman–Crippen LogP) is 3.40. The highest BCUT2D eigenvalue weighted by atomic mass is 16.5. The van der Waals surface area contributed by atoms with Crippen LogP contribution in [0.4, 0.5) is 4.79 Å². The molecule has 1 aliphatic heterocycles. The number of fused-ring (bicyclic) bond motifs is 3. The molecule has 2 aromatic carbocycles. The van der Waals surface area contributed by atoms with Gasteiger partial charge in [-0.15, -0.1) is 0 Å². The number of carboxylic acids is 1. The maximum Gasteiger partial charge on any atom is 0.407 e. The fraction of sp³-hybridized carbons (Fsp3) is 0.444. The van der Waals surface area contributed by atoms with Crippen LogP contribution < -0.4 is 10.6 Å². The minimum Gasteiger partial charge on any atom is -0.481 e. The molecule has 186 valence electrons. The van der Waals surface area contributed by atoms with Crippen molar-refractivity contribution in [3.05, 3.63) is 59.7 Å². The van der Waals surface area contributed by atoms with E-state index in [1.807, 2.05) is 24.3 Å². The molecule has 8 heteroatoms. The molecule has 0 radical (unpaired) electrons. The molecule has 3 unspecified atom stereocenters. The van der Waals surface area contributed by atoms with Crippen molar-refractivity contribution in [3.8, 4) is 11.1 Å². The van der Waals surface area contributed by atoms with E-state index in [0.717, 1.165) is 22.3 Å². The number of carbonyl (C=O) groups excluding carboxylic acids is 2. The van der Waals surface area contributed by atoms with Crippen molar-refractivity contribution in [1.29, 1.82) is 0 Å². The molecule has 3 N–H and O–H groups in total. The molecule has 0 bridgehead atoms. The monoisotopic (exact) mass is 480 g/mol. The van der Waals surface area contributed by atoms with Crippen LogP contribution in [0.1, 0.15) is 37.3 Å². The molecule has 2 amide bonds. The number of hydrogen-bond acceptors (Lipinski definition) is 5. The van der Waals surface area contributed by atoms with E-state index in [2.05, 4.69) is 34.9 Å². The Hall–Kier alpha value is -3.39. The lowest BCUT2D eigenvalue weighted by Crippen LogP contribution is -2.45. The van der Waals surface area contributed by atoms with E-state index in [1.165, 1.54) is 0 Å². The molecular formula is C27H32N2O6. The van der Waals surface area contributed by atoms with Crippen LogP contribution in [0.25, 0.3) is 11.1 Å². The molecule has 0 aromatic heterocycles. The summed E-state index contributed by atoms with van der Waals surface area (Å²) in [5.74, 6) is -2.31. The van der Waals surface area contributed by atoms with Gasteiger partial charge in [0.05, 0.1) is 5.92 Å². The van der Waals surface area contributed by atoms with Crippen molar-refractivity contribution in [2.75, 3.05) is 26.3 Å². The Bertz CT molecular complexity index is 1040. The fourth-order valence-electron chi connectivity index (χ4n) is 4.92. The number of benzene rings is 2. The molecular weight excluding hydrogens is 448 g/mol. The minimum absolute atomic E-state index is 0.0235. The third-order valence-corrected chi connectivity index (χ3v) is 6.94. The second kappa shape index (κ2) is 10.9. The number of rotatable bonds is 9. The van der Waals surface area contributed by atoms with Crippen molar-refractivity contribution in [2.24, 2.45) is 17.8 Å². The lowest BCUT2D eigenvalue weighted by molar-refractivity contribution is -0.143. The summed E-state index contributed by atoms with van der Waals surface area (Å²) < 4.78 is 11.2. The molecule has 1 fully saturated rings. The highest BCUT2D eigenvalue weighted by Gasteiger charge is 2.35. The summed E-state index contributed by atoms with van der Waals surface area (Å²) in [5, 5.41) is 14.8. The molecule has 3 atom stereocenters. The largest absolute Gasteiger partial charge is 0.481 e. The average Bonchev–Trinajstić information content (AvgIpc) is 3.44. The lowest BCUT2D eigenvalue weighted by Gasteiger charge is -2.21. The number of ether oxygens (including phenoxy) is 2. The zero-order chi connectivity index (χ0) is 24.9. The quantitative estimate of drug-likeness (QED) is 0.507. The second-order valence-corrected chi connectivity index (χ2v) is 9.48. The Kier molecular flexibility index (Phi) is 7.70. The molecule has 1 heterocycles. The molecule has 8 nitrogen and oxygen atoms in total. The first-order chi connectivity index (χ1) is 16.9. The van der Waals surface area contributed by atoms with Gasteiger partial charge in [-0.25, -0.2) is 4.79 Å². The summed E-state index contributed by atoms with van der Waals surface area (Å²) in [7, 11) is 0. The molecule has 35 heavy (non-hydrogen) atoms. The summed E-state index contributed by atoms with van der Waals surface area (Å²) in [6.45, 7) is 4.51. The summed E-state index contributed by atoms with van der Waals surface area (Å²) in [5.41, 5.74) is 4.61. The van der Waals surface area contributed by atoms with Crippen LogP contribution in [0.2, 0.25) is 0 Å². The molecule has 0 saturated carbocycles. The smallest absolute Gasteiger partial charge is 0.407 e. The van der Waals surface area contributed by atoms with E-state index < -0.39 is 24.1 Å². The zero-order valence-corrected chi connectivity index (χ0v) is 20.0. The lowest BCUT2D eigenvalue weighted by atomic mass is 9.95. The van der Waals surface area contributed by atoms with E-state index >= 15 is 0 Å². The molecule has 2 aromatic rings. The Morgan fingerprint density at radius 2 is 1.66 bits per heavy atom. The first-order valence-electron chi connectivity index (χ1n) is 12.1. The zero-order valence-electron chi connectivity index (χ0n) is 20.0. The van der Waals surface area contributed by atoms with Gasteiger partial charge in [0.1, 0.15) is 12.7 Å². The maximum atomic E-state index is 12.6. The van der Waals surface area contributed by atoms with Crippen LogP contribution in [0.5, 0.6) is 0 Å². The Morgan fingerprint density at radius 3 is 2.26 bits per heavy atom. The normalized spacial score (nSPS) is 19.6. The third-order valence-electron chi connectivity index (χ3n) is 6.94.